The van der Waals surface area contributed by atoms with Crippen LogP contribution in [0, 0.1) is 0 Å². The first-order valence-corrected chi connectivity index (χ1v) is 7.47. The number of amides is 1. The van der Waals surface area contributed by atoms with Crippen LogP contribution in [0.2, 0.25) is 5.02 Å². The molecule has 7 nitrogen and oxygen atoms in total. The van der Waals surface area contributed by atoms with Gasteiger partial charge in [-0.05, 0) is 41.5 Å². The maximum atomic E-state index is 12.5. The summed E-state index contributed by atoms with van der Waals surface area (Å²) in [5, 5.41) is 14.3. The maximum absolute atomic E-state index is 12.5. The fourth-order valence-corrected chi connectivity index (χ4v) is 2.19. The van der Waals surface area contributed by atoms with E-state index in [1.165, 1.54) is 11.0 Å². The van der Waals surface area contributed by atoms with Gasteiger partial charge in [0.2, 0.25) is 0 Å². The number of rotatable bonds is 6. The van der Waals surface area contributed by atoms with Gasteiger partial charge in [-0.1, -0.05) is 25.4 Å². The third kappa shape index (κ3) is 4.63. The standard InChI is InChI=1S/C14H19ClN6O.ClH/c1-3-14(16,4-2)8-17-13(22)11-7-10(15)5-6-12(11)21-9-18-19-20-21;/h5-7,9H,3-4,8,16H2,1-2H3,(H,17,22);1H. The van der Waals surface area contributed by atoms with Crippen LogP contribution in [0.3, 0.4) is 0 Å². The Hall–Kier alpha value is -1.70. The van der Waals surface area contributed by atoms with Gasteiger partial charge in [0.05, 0.1) is 11.3 Å². The molecule has 0 fully saturated rings. The number of tetrazole rings is 1. The van der Waals surface area contributed by atoms with Crippen LogP contribution < -0.4 is 11.1 Å². The number of halogens is 2. The van der Waals surface area contributed by atoms with E-state index in [1.54, 1.807) is 18.2 Å². The van der Waals surface area contributed by atoms with Crippen molar-refractivity contribution in [3.05, 3.63) is 35.1 Å². The van der Waals surface area contributed by atoms with Crippen LogP contribution in [-0.4, -0.2) is 38.2 Å². The summed E-state index contributed by atoms with van der Waals surface area (Å²) in [6.07, 6.45) is 2.98. The first kappa shape index (κ1) is 19.3. The van der Waals surface area contributed by atoms with Gasteiger partial charge in [0.15, 0.2) is 0 Å². The largest absolute Gasteiger partial charge is 0.350 e. The van der Waals surface area contributed by atoms with E-state index in [1.807, 2.05) is 13.8 Å². The Balaban J connectivity index is 0.00000264. The molecule has 0 aliphatic heterocycles. The Morgan fingerprint density at radius 2 is 2.09 bits per heavy atom. The third-order valence-electron chi connectivity index (χ3n) is 3.81. The number of hydrogen-bond donors (Lipinski definition) is 2. The number of nitrogens with two attached hydrogens (primary N) is 1. The lowest BCUT2D eigenvalue weighted by molar-refractivity contribution is 0.0942. The minimum absolute atomic E-state index is 0. The van der Waals surface area contributed by atoms with E-state index in [9.17, 15) is 4.79 Å². The number of hydrogen-bond acceptors (Lipinski definition) is 5. The molecule has 0 saturated carbocycles. The Labute approximate surface area is 146 Å². The molecule has 1 amide bonds. The van der Waals surface area contributed by atoms with Gasteiger partial charge in [-0.2, -0.15) is 4.68 Å². The normalized spacial score (nSPS) is 11.0. The summed E-state index contributed by atoms with van der Waals surface area (Å²) in [6, 6.07) is 4.97. The number of carbonyl (C=O) groups is 1. The van der Waals surface area contributed by atoms with Crippen molar-refractivity contribution in [3.8, 4) is 5.69 Å². The van der Waals surface area contributed by atoms with Crippen LogP contribution in [0.1, 0.15) is 37.0 Å². The summed E-state index contributed by atoms with van der Waals surface area (Å²) in [4.78, 5) is 12.5. The molecule has 2 aromatic rings. The summed E-state index contributed by atoms with van der Waals surface area (Å²) in [5.74, 6) is -0.260. The fourth-order valence-electron chi connectivity index (χ4n) is 2.01. The quantitative estimate of drug-likeness (QED) is 0.822. The summed E-state index contributed by atoms with van der Waals surface area (Å²) < 4.78 is 1.42. The van der Waals surface area contributed by atoms with Crippen molar-refractivity contribution >= 4 is 29.9 Å². The van der Waals surface area contributed by atoms with Crippen molar-refractivity contribution in [3.63, 3.8) is 0 Å². The predicted octanol–water partition coefficient (Wildman–Crippen LogP) is 1.98. The molecule has 0 saturated heterocycles. The second-order valence-corrected chi connectivity index (χ2v) is 5.60. The van der Waals surface area contributed by atoms with Crippen LogP contribution in [0.4, 0.5) is 0 Å². The van der Waals surface area contributed by atoms with Gasteiger partial charge in [0.1, 0.15) is 6.33 Å². The van der Waals surface area contributed by atoms with Gasteiger partial charge >= 0.3 is 0 Å². The summed E-state index contributed by atoms with van der Waals surface area (Å²) in [7, 11) is 0. The van der Waals surface area contributed by atoms with E-state index in [0.29, 0.717) is 22.8 Å². The first-order chi connectivity index (χ1) is 10.5. The third-order valence-corrected chi connectivity index (χ3v) is 4.04. The lowest BCUT2D eigenvalue weighted by Gasteiger charge is -2.27. The number of aromatic nitrogens is 4. The SMILES string of the molecule is CCC(N)(CC)CNC(=O)c1cc(Cl)ccc1-n1cnnn1.Cl. The van der Waals surface area contributed by atoms with Gasteiger partial charge in [0, 0.05) is 17.1 Å². The molecule has 0 aliphatic rings. The molecular formula is C14H20Cl2N6O. The van der Waals surface area contributed by atoms with Crippen molar-refractivity contribution in [2.75, 3.05) is 6.54 Å². The van der Waals surface area contributed by atoms with E-state index in [-0.39, 0.29) is 18.3 Å². The van der Waals surface area contributed by atoms with Crippen molar-refractivity contribution in [2.24, 2.45) is 5.73 Å². The molecule has 0 bridgehead atoms. The monoisotopic (exact) mass is 358 g/mol. The Morgan fingerprint density at radius 1 is 1.39 bits per heavy atom. The predicted molar refractivity (Wildman–Crippen MR) is 91.2 cm³/mol. The molecule has 0 spiro atoms. The molecule has 1 aromatic heterocycles. The highest BCUT2D eigenvalue weighted by Gasteiger charge is 2.22. The molecule has 0 unspecified atom stereocenters. The molecule has 0 radical (unpaired) electrons. The average molecular weight is 359 g/mol. The zero-order chi connectivity index (χ0) is 16.2. The van der Waals surface area contributed by atoms with Gasteiger partial charge < -0.3 is 11.1 Å². The van der Waals surface area contributed by atoms with Gasteiger partial charge in [-0.15, -0.1) is 17.5 Å². The van der Waals surface area contributed by atoms with Crippen LogP contribution in [0.15, 0.2) is 24.5 Å². The van der Waals surface area contributed by atoms with Crippen LogP contribution >= 0.6 is 24.0 Å². The van der Waals surface area contributed by atoms with Gasteiger partial charge in [-0.3, -0.25) is 4.79 Å². The van der Waals surface area contributed by atoms with E-state index in [4.69, 9.17) is 17.3 Å². The van der Waals surface area contributed by atoms with E-state index < -0.39 is 5.54 Å². The molecule has 126 valence electrons. The lowest BCUT2D eigenvalue weighted by atomic mass is 9.94. The van der Waals surface area contributed by atoms with E-state index >= 15 is 0 Å². The topological polar surface area (TPSA) is 98.7 Å². The maximum Gasteiger partial charge on any atom is 0.253 e. The highest BCUT2D eigenvalue weighted by molar-refractivity contribution is 6.31. The van der Waals surface area contributed by atoms with E-state index in [2.05, 4.69) is 20.8 Å². The van der Waals surface area contributed by atoms with Crippen molar-refractivity contribution in [1.29, 1.82) is 0 Å². The second-order valence-electron chi connectivity index (χ2n) is 5.17. The second kappa shape index (κ2) is 8.24. The molecule has 9 heteroatoms. The number of nitrogens with one attached hydrogen (secondary N) is 1. The first-order valence-electron chi connectivity index (χ1n) is 7.09. The zero-order valence-corrected chi connectivity index (χ0v) is 14.6. The Bertz CT molecular complexity index is 643. The van der Waals surface area contributed by atoms with Crippen LogP contribution in [-0.2, 0) is 0 Å². The molecule has 1 aromatic carbocycles. The van der Waals surface area contributed by atoms with Gasteiger partial charge in [-0.25, -0.2) is 0 Å². The molecule has 23 heavy (non-hydrogen) atoms. The number of carbonyl (C=O) groups excluding carboxylic acids is 1. The summed E-state index contributed by atoms with van der Waals surface area (Å²) in [6.45, 7) is 4.39. The molecular weight excluding hydrogens is 339 g/mol. The molecule has 2 rings (SSSR count). The minimum Gasteiger partial charge on any atom is -0.350 e. The molecule has 1 heterocycles. The smallest absolute Gasteiger partial charge is 0.253 e. The Morgan fingerprint density at radius 3 is 2.65 bits per heavy atom. The summed E-state index contributed by atoms with van der Waals surface area (Å²) >= 11 is 6.00. The van der Waals surface area contributed by atoms with Crippen LogP contribution in [0.5, 0.6) is 0 Å². The lowest BCUT2D eigenvalue weighted by Crippen LogP contribution is -2.49. The van der Waals surface area contributed by atoms with E-state index in [0.717, 1.165) is 12.8 Å². The fraction of sp³-hybridized carbons (Fsp3) is 0.429. The average Bonchev–Trinajstić information content (AvgIpc) is 3.06. The number of nitrogens with zero attached hydrogens (tertiary/aromatic N) is 4. The van der Waals surface area contributed by atoms with Gasteiger partial charge in [0.25, 0.3) is 5.91 Å². The minimum atomic E-state index is -0.413. The van der Waals surface area contributed by atoms with Crippen LogP contribution in [0.25, 0.3) is 5.69 Å². The highest BCUT2D eigenvalue weighted by Crippen LogP contribution is 2.19. The zero-order valence-electron chi connectivity index (χ0n) is 13.0. The number of benzene rings is 1. The van der Waals surface area contributed by atoms with Crippen molar-refractivity contribution in [2.45, 2.75) is 32.2 Å². The molecule has 0 aliphatic carbocycles. The molecule has 3 N–H and O–H groups in total. The van der Waals surface area contributed by atoms with Crippen molar-refractivity contribution in [1.82, 2.24) is 25.5 Å². The molecule has 0 atom stereocenters. The highest BCUT2D eigenvalue weighted by atomic mass is 35.5. The summed E-state index contributed by atoms with van der Waals surface area (Å²) in [5.41, 5.74) is 6.75. The Kier molecular flexibility index (Phi) is 6.93. The van der Waals surface area contributed by atoms with Crippen molar-refractivity contribution < 1.29 is 4.79 Å².